The summed E-state index contributed by atoms with van der Waals surface area (Å²) in [6.45, 7) is 2.51. The molecule has 1 N–H and O–H groups in total. The van der Waals surface area contributed by atoms with Crippen LogP contribution in [0.4, 0.5) is 0 Å². The second kappa shape index (κ2) is 6.34. The molecule has 0 amide bonds. The minimum Gasteiger partial charge on any atom is -0.468 e. The lowest BCUT2D eigenvalue weighted by atomic mass is 10.1. The van der Waals surface area contributed by atoms with Crippen LogP contribution in [-0.2, 0) is 23.1 Å². The van der Waals surface area contributed by atoms with Crippen molar-refractivity contribution in [3.8, 4) is 0 Å². The molecule has 106 valence electrons. The second-order valence-electron chi connectivity index (χ2n) is 4.66. The molecular weight excluding hydrogens is 254 g/mol. The smallest absolute Gasteiger partial charge is 0.327 e. The molecule has 0 radical (unpaired) electrons. The molecule has 5 heteroatoms. The van der Waals surface area contributed by atoms with Gasteiger partial charge in [-0.1, -0.05) is 30.3 Å². The molecule has 1 aromatic heterocycles. The number of hydrogen-bond acceptors (Lipinski definition) is 4. The van der Waals surface area contributed by atoms with E-state index in [0.717, 1.165) is 16.8 Å². The van der Waals surface area contributed by atoms with E-state index in [0.29, 0.717) is 6.54 Å². The lowest BCUT2D eigenvalue weighted by molar-refractivity contribution is -0.143. The van der Waals surface area contributed by atoms with Crippen LogP contribution in [0, 0.1) is 6.92 Å². The second-order valence-corrected chi connectivity index (χ2v) is 4.66. The van der Waals surface area contributed by atoms with Gasteiger partial charge < -0.3 is 4.74 Å². The number of esters is 1. The van der Waals surface area contributed by atoms with Gasteiger partial charge in [-0.25, -0.2) is 4.79 Å². The van der Waals surface area contributed by atoms with Crippen molar-refractivity contribution in [1.29, 1.82) is 0 Å². The van der Waals surface area contributed by atoms with Crippen LogP contribution in [0.25, 0.3) is 0 Å². The van der Waals surface area contributed by atoms with Crippen LogP contribution in [0.3, 0.4) is 0 Å². The summed E-state index contributed by atoms with van der Waals surface area (Å²) in [4.78, 5) is 11.9. The third-order valence-corrected chi connectivity index (χ3v) is 3.18. The largest absolute Gasteiger partial charge is 0.468 e. The predicted octanol–water partition coefficient (Wildman–Crippen LogP) is 1.73. The third-order valence-electron chi connectivity index (χ3n) is 3.18. The highest BCUT2D eigenvalue weighted by Gasteiger charge is 2.21. The molecule has 0 spiro atoms. The van der Waals surface area contributed by atoms with Crippen LogP contribution in [0.5, 0.6) is 0 Å². The summed E-state index contributed by atoms with van der Waals surface area (Å²) >= 11 is 0. The fourth-order valence-corrected chi connectivity index (χ4v) is 2.13. The standard InChI is InChI=1S/C15H19N3O2/c1-11-13(10-18(2)17-11)9-16-14(15(19)20-3)12-7-5-4-6-8-12/h4-8,10,14,16H,9H2,1-3H3. The molecule has 2 rings (SSSR count). The van der Waals surface area contributed by atoms with Crippen LogP contribution in [0.1, 0.15) is 22.9 Å². The van der Waals surface area contributed by atoms with Gasteiger partial charge in [0, 0.05) is 25.4 Å². The first-order valence-electron chi connectivity index (χ1n) is 6.47. The molecule has 1 aromatic carbocycles. The maximum absolute atomic E-state index is 11.9. The molecule has 1 unspecified atom stereocenters. The number of nitrogens with one attached hydrogen (secondary N) is 1. The van der Waals surface area contributed by atoms with Gasteiger partial charge >= 0.3 is 5.97 Å². The molecule has 5 nitrogen and oxygen atoms in total. The van der Waals surface area contributed by atoms with E-state index in [2.05, 4.69) is 10.4 Å². The maximum atomic E-state index is 11.9. The molecule has 0 fully saturated rings. The number of aromatic nitrogens is 2. The van der Waals surface area contributed by atoms with E-state index in [9.17, 15) is 4.79 Å². The van der Waals surface area contributed by atoms with Crippen LogP contribution >= 0.6 is 0 Å². The predicted molar refractivity (Wildman–Crippen MR) is 76.0 cm³/mol. The van der Waals surface area contributed by atoms with E-state index < -0.39 is 6.04 Å². The topological polar surface area (TPSA) is 56.1 Å². The SMILES string of the molecule is COC(=O)C(NCc1cn(C)nc1C)c1ccccc1. The molecule has 0 bridgehead atoms. The number of carbonyl (C=O) groups is 1. The lowest BCUT2D eigenvalue weighted by Crippen LogP contribution is -2.29. The van der Waals surface area contributed by atoms with E-state index in [1.165, 1.54) is 7.11 Å². The van der Waals surface area contributed by atoms with E-state index in [-0.39, 0.29) is 5.97 Å². The number of methoxy groups -OCH3 is 1. The van der Waals surface area contributed by atoms with Crippen molar-refractivity contribution < 1.29 is 9.53 Å². The maximum Gasteiger partial charge on any atom is 0.327 e. The zero-order chi connectivity index (χ0) is 14.5. The molecule has 1 heterocycles. The number of carbonyl (C=O) groups excluding carboxylic acids is 1. The van der Waals surface area contributed by atoms with Crippen LogP contribution < -0.4 is 5.32 Å². The van der Waals surface area contributed by atoms with Crippen LogP contribution in [0.2, 0.25) is 0 Å². The van der Waals surface area contributed by atoms with E-state index in [4.69, 9.17) is 4.74 Å². The minimum atomic E-state index is -0.471. The van der Waals surface area contributed by atoms with Crippen molar-refractivity contribution >= 4 is 5.97 Å². The lowest BCUT2D eigenvalue weighted by Gasteiger charge is -2.16. The van der Waals surface area contributed by atoms with Crippen molar-refractivity contribution in [2.24, 2.45) is 7.05 Å². The Balaban J connectivity index is 2.13. The summed E-state index contributed by atoms with van der Waals surface area (Å²) < 4.78 is 6.63. The van der Waals surface area contributed by atoms with Crippen molar-refractivity contribution in [1.82, 2.24) is 15.1 Å². The average Bonchev–Trinajstić information content (AvgIpc) is 2.78. The zero-order valence-corrected chi connectivity index (χ0v) is 12.0. The molecule has 0 aliphatic rings. The summed E-state index contributed by atoms with van der Waals surface area (Å²) in [5.74, 6) is -0.294. The first-order chi connectivity index (χ1) is 9.61. The Morgan fingerprint density at radius 1 is 1.40 bits per heavy atom. The van der Waals surface area contributed by atoms with Gasteiger partial charge in [0.15, 0.2) is 0 Å². The molecular formula is C15H19N3O2. The normalized spacial score (nSPS) is 12.2. The highest BCUT2D eigenvalue weighted by Crippen LogP contribution is 2.15. The number of ether oxygens (including phenoxy) is 1. The Hall–Kier alpha value is -2.14. The number of benzene rings is 1. The molecule has 20 heavy (non-hydrogen) atoms. The number of aryl methyl sites for hydroxylation is 2. The Morgan fingerprint density at radius 3 is 2.65 bits per heavy atom. The molecule has 0 aliphatic carbocycles. The summed E-state index contributed by atoms with van der Waals surface area (Å²) in [6, 6.07) is 9.07. The van der Waals surface area contributed by atoms with E-state index in [1.807, 2.05) is 50.5 Å². The molecule has 0 saturated carbocycles. The zero-order valence-electron chi connectivity index (χ0n) is 12.0. The van der Waals surface area contributed by atoms with Crippen LogP contribution in [-0.4, -0.2) is 22.9 Å². The van der Waals surface area contributed by atoms with Gasteiger partial charge in [-0.3, -0.25) is 10.00 Å². The Morgan fingerprint density at radius 2 is 2.10 bits per heavy atom. The quantitative estimate of drug-likeness (QED) is 0.843. The summed E-state index contributed by atoms with van der Waals surface area (Å²) in [5.41, 5.74) is 2.91. The molecule has 2 aromatic rings. The van der Waals surface area contributed by atoms with Gasteiger partial charge in [-0.05, 0) is 12.5 Å². The Kier molecular flexibility index (Phi) is 4.53. The number of hydrogen-bond donors (Lipinski definition) is 1. The molecule has 1 atom stereocenters. The van der Waals surface area contributed by atoms with Crippen molar-refractivity contribution in [3.05, 3.63) is 53.3 Å². The highest BCUT2D eigenvalue weighted by atomic mass is 16.5. The van der Waals surface area contributed by atoms with Gasteiger partial charge in [0.25, 0.3) is 0 Å². The van der Waals surface area contributed by atoms with E-state index in [1.54, 1.807) is 4.68 Å². The van der Waals surface area contributed by atoms with Crippen molar-refractivity contribution in [2.45, 2.75) is 19.5 Å². The summed E-state index contributed by atoms with van der Waals surface area (Å²) in [5, 5.41) is 7.52. The van der Waals surface area contributed by atoms with Gasteiger partial charge in [0.1, 0.15) is 6.04 Å². The Labute approximate surface area is 118 Å². The average molecular weight is 273 g/mol. The van der Waals surface area contributed by atoms with Gasteiger partial charge in [-0.15, -0.1) is 0 Å². The minimum absolute atomic E-state index is 0.294. The monoisotopic (exact) mass is 273 g/mol. The number of rotatable bonds is 5. The number of nitrogens with zero attached hydrogens (tertiary/aromatic N) is 2. The van der Waals surface area contributed by atoms with Crippen LogP contribution in [0.15, 0.2) is 36.5 Å². The van der Waals surface area contributed by atoms with Crippen molar-refractivity contribution in [3.63, 3.8) is 0 Å². The summed E-state index contributed by atoms with van der Waals surface area (Å²) in [6.07, 6.45) is 1.95. The fourth-order valence-electron chi connectivity index (χ4n) is 2.13. The third kappa shape index (κ3) is 3.24. The summed E-state index contributed by atoms with van der Waals surface area (Å²) in [7, 11) is 3.28. The van der Waals surface area contributed by atoms with E-state index >= 15 is 0 Å². The fraction of sp³-hybridized carbons (Fsp3) is 0.333. The first-order valence-corrected chi connectivity index (χ1v) is 6.47. The van der Waals surface area contributed by atoms with Gasteiger partial charge in [-0.2, -0.15) is 5.10 Å². The molecule has 0 saturated heterocycles. The van der Waals surface area contributed by atoms with Crippen molar-refractivity contribution in [2.75, 3.05) is 7.11 Å². The molecule has 0 aliphatic heterocycles. The Bertz CT molecular complexity index is 578. The highest BCUT2D eigenvalue weighted by molar-refractivity contribution is 5.77. The first kappa shape index (κ1) is 14.3. The van der Waals surface area contributed by atoms with Gasteiger partial charge in [0.2, 0.25) is 0 Å². The van der Waals surface area contributed by atoms with Gasteiger partial charge in [0.05, 0.1) is 12.8 Å².